The fraction of sp³-hybridized carbons (Fsp3) is 0.727. The Morgan fingerprint density at radius 3 is 2.81 bits per heavy atom. The third-order valence-electron chi connectivity index (χ3n) is 7.21. The van der Waals surface area contributed by atoms with Gasteiger partial charge in [-0.1, -0.05) is 44.1 Å². The van der Waals surface area contributed by atoms with Crippen LogP contribution >= 0.6 is 0 Å². The zero-order chi connectivity index (χ0) is 19.4. The van der Waals surface area contributed by atoms with Crippen molar-refractivity contribution in [1.82, 2.24) is 0 Å². The van der Waals surface area contributed by atoms with E-state index in [1.54, 1.807) is 7.11 Å². The first-order chi connectivity index (χ1) is 12.3. The number of allylic oxidation sites excluding steroid dienone is 4. The van der Waals surface area contributed by atoms with Gasteiger partial charge in [0.05, 0.1) is 6.61 Å². The number of hydrogen-bond acceptors (Lipinski definition) is 3. The molecule has 2 aliphatic rings. The second-order valence-corrected chi connectivity index (χ2v) is 8.70. The summed E-state index contributed by atoms with van der Waals surface area (Å²) in [5, 5.41) is 19.5. The summed E-state index contributed by atoms with van der Waals surface area (Å²) >= 11 is 0. The van der Waals surface area contributed by atoms with Crippen LogP contribution in [0.4, 0.5) is 0 Å². The molecule has 0 radical (unpaired) electrons. The molecule has 0 bridgehead atoms. The Balaban J connectivity index is 2.29. The van der Waals surface area contributed by atoms with Crippen molar-refractivity contribution in [3.05, 3.63) is 40.2 Å². The van der Waals surface area contributed by atoms with Crippen LogP contribution in [0.2, 0.25) is 0 Å². The molecule has 0 aliphatic heterocycles. The van der Waals surface area contributed by atoms with Gasteiger partial charge >= 0.3 is 6.20 Å². The first-order valence-electron chi connectivity index (χ1n) is 9.88. The fourth-order valence-corrected chi connectivity index (χ4v) is 5.00. The second-order valence-electron chi connectivity index (χ2n) is 8.70. The van der Waals surface area contributed by atoms with E-state index in [-0.39, 0.29) is 16.6 Å². The van der Waals surface area contributed by atoms with E-state index in [9.17, 15) is 5.11 Å². The summed E-state index contributed by atoms with van der Waals surface area (Å²) in [6.07, 6.45) is 12.1. The quantitative estimate of drug-likeness (QED) is 0.339. The molecule has 0 amide bonds. The summed E-state index contributed by atoms with van der Waals surface area (Å²) in [7, 11) is 1.73. The molecule has 1 saturated carbocycles. The monoisotopic (exact) mass is 359 g/mol. The highest BCUT2D eigenvalue weighted by molar-refractivity contribution is 5.30. The number of nitrogens with zero attached hydrogens (tertiary/aromatic N) is 2. The van der Waals surface area contributed by atoms with E-state index in [4.69, 9.17) is 10.1 Å². The van der Waals surface area contributed by atoms with E-state index in [0.29, 0.717) is 18.4 Å². The Hall–Kier alpha value is -1.60. The zero-order valence-electron chi connectivity index (χ0n) is 17.1. The van der Waals surface area contributed by atoms with Crippen LogP contribution in [0.5, 0.6) is 0 Å². The van der Waals surface area contributed by atoms with Gasteiger partial charge in [-0.05, 0) is 62.7 Å². The standard InChI is InChI=1S/C22H34N2O2/c1-16(11-14-26-5)10-13-21(3)17(2)8-9-19-18(21)7-6-12-22(19,4)20(25)15-24-23/h7,11,15,17,19H,6,8-10,12-14H2,1-5H3/p+1/b16-11+,20-15-/t17-,19+,21+,22+/m1/s1. The average molecular weight is 360 g/mol. The maximum absolute atomic E-state index is 10.6. The van der Waals surface area contributed by atoms with Crippen molar-refractivity contribution in [3.63, 3.8) is 0 Å². The molecule has 0 unspecified atom stereocenters. The molecule has 0 spiro atoms. The molecule has 4 heteroatoms. The molecule has 4 nitrogen and oxygen atoms in total. The van der Waals surface area contributed by atoms with Crippen molar-refractivity contribution in [3.8, 4) is 0 Å². The lowest BCUT2D eigenvalue weighted by Gasteiger charge is -2.53. The normalized spacial score (nSPS) is 35.5. The molecular weight excluding hydrogens is 324 g/mol. The highest BCUT2D eigenvalue weighted by Gasteiger charge is 2.51. The van der Waals surface area contributed by atoms with Crippen LogP contribution in [-0.2, 0) is 4.74 Å². The summed E-state index contributed by atoms with van der Waals surface area (Å²) in [4.78, 5) is 3.08. The molecule has 0 saturated heterocycles. The van der Waals surface area contributed by atoms with Crippen LogP contribution in [-0.4, -0.2) is 18.8 Å². The third kappa shape index (κ3) is 3.88. The van der Waals surface area contributed by atoms with Crippen LogP contribution in [0, 0.1) is 28.1 Å². The first kappa shape index (κ1) is 20.7. The molecule has 4 atom stereocenters. The van der Waals surface area contributed by atoms with Crippen LogP contribution in [0.3, 0.4) is 0 Å². The number of rotatable bonds is 6. The summed E-state index contributed by atoms with van der Waals surface area (Å²) < 4.78 is 5.16. The minimum atomic E-state index is -0.335. The van der Waals surface area contributed by atoms with Crippen molar-refractivity contribution in [2.45, 2.75) is 66.2 Å². The summed E-state index contributed by atoms with van der Waals surface area (Å²) in [5.41, 5.74) is 2.69. The van der Waals surface area contributed by atoms with E-state index < -0.39 is 0 Å². The lowest BCUT2D eigenvalue weighted by atomic mass is 9.51. The molecule has 26 heavy (non-hydrogen) atoms. The fourth-order valence-electron chi connectivity index (χ4n) is 5.00. The molecular formula is C22H35N2O2+. The first-order valence-corrected chi connectivity index (χ1v) is 9.88. The summed E-state index contributed by atoms with van der Waals surface area (Å²) in [6.45, 7) is 9.76. The van der Waals surface area contributed by atoms with Gasteiger partial charge in [0.25, 0.3) is 0 Å². The number of ether oxygens (including phenoxy) is 1. The number of hydrogen-bond donors (Lipinski definition) is 1. The molecule has 0 aromatic rings. The highest BCUT2D eigenvalue weighted by Crippen LogP contribution is 2.59. The maximum Gasteiger partial charge on any atom is 0.387 e. The largest absolute Gasteiger partial charge is 0.505 e. The van der Waals surface area contributed by atoms with E-state index in [1.165, 1.54) is 23.8 Å². The van der Waals surface area contributed by atoms with Gasteiger partial charge in [0.1, 0.15) is 0 Å². The van der Waals surface area contributed by atoms with Gasteiger partial charge in [0.15, 0.2) is 10.7 Å². The van der Waals surface area contributed by atoms with Gasteiger partial charge in [0, 0.05) is 12.5 Å². The molecule has 1 N–H and O–H groups in total. The number of diazo groups is 1. The second kappa shape index (κ2) is 8.39. The van der Waals surface area contributed by atoms with Gasteiger partial charge in [0.2, 0.25) is 5.39 Å². The Kier molecular flexibility index (Phi) is 6.69. The Labute approximate surface area is 158 Å². The topological polar surface area (TPSA) is 57.6 Å². The van der Waals surface area contributed by atoms with Crippen molar-refractivity contribution in [1.29, 1.82) is 5.39 Å². The molecule has 2 rings (SSSR count). The third-order valence-corrected chi connectivity index (χ3v) is 7.21. The van der Waals surface area contributed by atoms with Crippen LogP contribution < -0.4 is 0 Å². The predicted octanol–water partition coefficient (Wildman–Crippen LogP) is 6.39. The van der Waals surface area contributed by atoms with Gasteiger partial charge in [-0.2, -0.15) is 0 Å². The zero-order valence-corrected chi connectivity index (χ0v) is 17.1. The molecule has 1 fully saturated rings. The van der Waals surface area contributed by atoms with Crippen molar-refractivity contribution in [2.75, 3.05) is 13.7 Å². The van der Waals surface area contributed by atoms with Gasteiger partial charge in [-0.25, -0.2) is 0 Å². The minimum absolute atomic E-state index is 0.142. The van der Waals surface area contributed by atoms with Crippen molar-refractivity contribution >= 4 is 0 Å². The Morgan fingerprint density at radius 2 is 2.15 bits per heavy atom. The molecule has 0 aromatic carbocycles. The number of fused-ring (bicyclic) bond motifs is 1. The van der Waals surface area contributed by atoms with Gasteiger partial charge in [-0.15, -0.1) is 0 Å². The van der Waals surface area contributed by atoms with E-state index in [1.807, 2.05) is 0 Å². The SMILES string of the molecule is COC/C=C(\C)CC[C@]1(C)C2=CCC[C@](C)(/C(O)=C/[N+]#N)[C@H]2CC[C@H]1C. The lowest BCUT2D eigenvalue weighted by molar-refractivity contribution is 0.0651. The van der Waals surface area contributed by atoms with Crippen LogP contribution in [0.25, 0.3) is 4.98 Å². The summed E-state index contributed by atoms with van der Waals surface area (Å²) in [5.74, 6) is 1.15. The molecule has 0 heterocycles. The van der Waals surface area contributed by atoms with Gasteiger partial charge in [-0.3, -0.25) is 0 Å². The maximum atomic E-state index is 10.6. The van der Waals surface area contributed by atoms with Crippen LogP contribution in [0.15, 0.2) is 35.3 Å². The average Bonchev–Trinajstić information content (AvgIpc) is 2.62. The van der Waals surface area contributed by atoms with E-state index >= 15 is 0 Å². The van der Waals surface area contributed by atoms with Crippen LogP contribution in [0.1, 0.15) is 66.2 Å². The van der Waals surface area contributed by atoms with E-state index in [2.05, 4.69) is 44.8 Å². The molecule has 2 aliphatic carbocycles. The van der Waals surface area contributed by atoms with Crippen molar-refractivity contribution in [2.24, 2.45) is 22.7 Å². The number of methoxy groups -OCH3 is 1. The Bertz CT molecular complexity index is 643. The lowest BCUT2D eigenvalue weighted by Crippen LogP contribution is -2.44. The smallest absolute Gasteiger partial charge is 0.387 e. The Morgan fingerprint density at radius 1 is 1.42 bits per heavy atom. The van der Waals surface area contributed by atoms with Gasteiger partial charge < -0.3 is 9.84 Å². The number of aliphatic hydroxyl groups excluding tert-OH is 1. The summed E-state index contributed by atoms with van der Waals surface area (Å²) in [6, 6.07) is 0. The number of aliphatic hydroxyl groups is 1. The highest BCUT2D eigenvalue weighted by atomic mass is 16.5. The van der Waals surface area contributed by atoms with E-state index in [0.717, 1.165) is 32.1 Å². The predicted molar refractivity (Wildman–Crippen MR) is 106 cm³/mol. The van der Waals surface area contributed by atoms with Crippen molar-refractivity contribution < 1.29 is 9.84 Å². The molecule has 144 valence electrons. The molecule has 0 aromatic heterocycles. The minimum Gasteiger partial charge on any atom is -0.505 e.